The van der Waals surface area contributed by atoms with Gasteiger partial charge in [-0.25, -0.2) is 0 Å². The fraction of sp³-hybridized carbons (Fsp3) is 0.500. The van der Waals surface area contributed by atoms with E-state index in [-0.39, 0.29) is 5.75 Å². The van der Waals surface area contributed by atoms with E-state index >= 15 is 0 Å². The Balaban J connectivity index is 1.63. The summed E-state index contributed by atoms with van der Waals surface area (Å²) < 4.78 is 0. The van der Waals surface area contributed by atoms with Crippen molar-refractivity contribution in [2.45, 2.75) is 77.6 Å². The molecule has 26 heavy (non-hydrogen) atoms. The van der Waals surface area contributed by atoms with Crippen LogP contribution in [0.15, 0.2) is 42.5 Å². The van der Waals surface area contributed by atoms with E-state index in [0.717, 1.165) is 17.5 Å². The number of hydrogen-bond donors (Lipinski definition) is 1. The first-order valence-corrected chi connectivity index (χ1v) is 10.7. The molecule has 0 amide bonds. The molecule has 2 aromatic rings. The molecule has 0 aliphatic rings. The lowest BCUT2D eigenvalue weighted by atomic mass is 10.0. The number of halogens is 1. The molecular weight excluding hydrogens is 340 g/mol. The van der Waals surface area contributed by atoms with E-state index in [4.69, 9.17) is 11.6 Å². The van der Waals surface area contributed by atoms with Crippen LogP contribution in [-0.4, -0.2) is 5.11 Å². The normalized spacial score (nSPS) is 11.0. The van der Waals surface area contributed by atoms with Crippen LogP contribution in [0.2, 0.25) is 5.02 Å². The zero-order valence-corrected chi connectivity index (χ0v) is 16.9. The van der Waals surface area contributed by atoms with Crippen molar-refractivity contribution in [2.24, 2.45) is 0 Å². The number of aromatic hydroxyl groups is 1. The van der Waals surface area contributed by atoms with E-state index in [2.05, 4.69) is 31.2 Å². The van der Waals surface area contributed by atoms with Gasteiger partial charge in [-0.2, -0.15) is 0 Å². The van der Waals surface area contributed by atoms with Crippen LogP contribution in [0.5, 0.6) is 5.75 Å². The standard InChI is InChI=1S/C24H33ClO/c1-2-3-4-5-6-7-8-9-10-11-12-20-13-15-21(16-14-20)22-17-18-24(26)23(25)19-22/h13-19,26H,2-12H2,1H3. The molecular formula is C24H33ClO. The molecule has 2 aromatic carbocycles. The van der Waals surface area contributed by atoms with Crippen molar-refractivity contribution < 1.29 is 5.11 Å². The van der Waals surface area contributed by atoms with Crippen molar-refractivity contribution >= 4 is 11.6 Å². The summed E-state index contributed by atoms with van der Waals surface area (Å²) in [6, 6.07) is 14.1. The molecule has 0 fully saturated rings. The van der Waals surface area contributed by atoms with Crippen LogP contribution in [0.4, 0.5) is 0 Å². The zero-order valence-electron chi connectivity index (χ0n) is 16.1. The third-order valence-corrected chi connectivity index (χ3v) is 5.36. The number of phenolic OH excluding ortho intramolecular Hbond substituents is 1. The minimum absolute atomic E-state index is 0.132. The highest BCUT2D eigenvalue weighted by molar-refractivity contribution is 6.32. The molecule has 0 saturated carbocycles. The molecule has 0 spiro atoms. The predicted octanol–water partition coefficient (Wildman–Crippen LogP) is 8.18. The van der Waals surface area contributed by atoms with Crippen molar-refractivity contribution in [3.05, 3.63) is 53.1 Å². The smallest absolute Gasteiger partial charge is 0.134 e. The molecule has 1 N–H and O–H groups in total. The van der Waals surface area contributed by atoms with E-state index < -0.39 is 0 Å². The third-order valence-electron chi connectivity index (χ3n) is 5.05. The summed E-state index contributed by atoms with van der Waals surface area (Å²) in [7, 11) is 0. The lowest BCUT2D eigenvalue weighted by Gasteiger charge is -2.06. The van der Waals surface area contributed by atoms with Gasteiger partial charge >= 0.3 is 0 Å². The number of hydrogen-bond acceptors (Lipinski definition) is 1. The van der Waals surface area contributed by atoms with E-state index in [1.165, 1.54) is 69.8 Å². The largest absolute Gasteiger partial charge is 0.506 e. The number of unbranched alkanes of at least 4 members (excludes halogenated alkanes) is 9. The Hall–Kier alpha value is -1.47. The lowest BCUT2D eigenvalue weighted by Crippen LogP contribution is -1.87. The second-order valence-corrected chi connectivity index (χ2v) is 7.70. The molecule has 2 heteroatoms. The van der Waals surface area contributed by atoms with Crippen molar-refractivity contribution in [3.63, 3.8) is 0 Å². The summed E-state index contributed by atoms with van der Waals surface area (Å²) in [5.41, 5.74) is 3.58. The number of rotatable bonds is 12. The maximum Gasteiger partial charge on any atom is 0.134 e. The minimum Gasteiger partial charge on any atom is -0.506 e. The Labute approximate surface area is 164 Å². The minimum atomic E-state index is 0.132. The average Bonchev–Trinajstić information content (AvgIpc) is 2.66. The van der Waals surface area contributed by atoms with Crippen molar-refractivity contribution in [1.82, 2.24) is 0 Å². The molecule has 2 rings (SSSR count). The predicted molar refractivity (Wildman–Crippen MR) is 114 cm³/mol. The monoisotopic (exact) mass is 372 g/mol. The molecule has 142 valence electrons. The summed E-state index contributed by atoms with van der Waals surface area (Å²) in [6.45, 7) is 2.27. The van der Waals surface area contributed by atoms with Crippen LogP contribution in [0.25, 0.3) is 11.1 Å². The van der Waals surface area contributed by atoms with Gasteiger partial charge in [-0.1, -0.05) is 107 Å². The van der Waals surface area contributed by atoms with Gasteiger partial charge in [-0.05, 0) is 41.7 Å². The van der Waals surface area contributed by atoms with E-state index in [0.29, 0.717) is 5.02 Å². The SMILES string of the molecule is CCCCCCCCCCCCc1ccc(-c2ccc(O)c(Cl)c2)cc1. The van der Waals surface area contributed by atoms with E-state index in [1.807, 2.05) is 12.1 Å². The van der Waals surface area contributed by atoms with Gasteiger partial charge in [0.15, 0.2) is 0 Å². The fourth-order valence-electron chi connectivity index (χ4n) is 3.37. The molecule has 0 aliphatic carbocycles. The third kappa shape index (κ3) is 7.41. The van der Waals surface area contributed by atoms with Crippen molar-refractivity contribution in [1.29, 1.82) is 0 Å². The Bertz CT molecular complexity index is 633. The first kappa shape index (κ1) is 20.8. The highest BCUT2D eigenvalue weighted by Gasteiger charge is 2.03. The van der Waals surface area contributed by atoms with Crippen molar-refractivity contribution in [2.75, 3.05) is 0 Å². The zero-order chi connectivity index (χ0) is 18.6. The average molecular weight is 373 g/mol. The Morgan fingerprint density at radius 3 is 1.81 bits per heavy atom. The summed E-state index contributed by atoms with van der Waals surface area (Å²) in [5, 5.41) is 9.93. The molecule has 1 nitrogen and oxygen atoms in total. The first-order valence-electron chi connectivity index (χ1n) is 10.3. The summed E-state index contributed by atoms with van der Waals surface area (Å²) in [6.07, 6.45) is 15.0. The maximum absolute atomic E-state index is 9.53. The first-order chi connectivity index (χ1) is 12.7. The molecule has 0 aliphatic heterocycles. The quantitative estimate of drug-likeness (QED) is 0.372. The van der Waals surface area contributed by atoms with Gasteiger partial charge in [0.1, 0.15) is 5.75 Å². The van der Waals surface area contributed by atoms with E-state index in [1.54, 1.807) is 6.07 Å². The Kier molecular flexibility index (Phi) is 9.63. The van der Waals surface area contributed by atoms with Gasteiger partial charge in [0, 0.05) is 0 Å². The van der Waals surface area contributed by atoms with Crippen LogP contribution in [0, 0.1) is 0 Å². The molecule has 0 bridgehead atoms. The van der Waals surface area contributed by atoms with Gasteiger partial charge in [0.05, 0.1) is 5.02 Å². The van der Waals surface area contributed by atoms with Gasteiger partial charge in [0.2, 0.25) is 0 Å². The topological polar surface area (TPSA) is 20.2 Å². The molecule has 0 aromatic heterocycles. The van der Waals surface area contributed by atoms with Gasteiger partial charge in [-0.3, -0.25) is 0 Å². The highest BCUT2D eigenvalue weighted by Crippen LogP contribution is 2.29. The Morgan fingerprint density at radius 1 is 0.692 bits per heavy atom. The summed E-state index contributed by atoms with van der Waals surface area (Å²) in [5.74, 6) is 0.132. The number of phenols is 1. The second kappa shape index (κ2) is 12.0. The van der Waals surface area contributed by atoms with Crippen LogP contribution < -0.4 is 0 Å². The molecule has 0 heterocycles. The number of benzene rings is 2. The van der Waals surface area contributed by atoms with Crippen LogP contribution in [0.1, 0.15) is 76.7 Å². The van der Waals surface area contributed by atoms with Crippen LogP contribution in [-0.2, 0) is 6.42 Å². The molecule has 0 radical (unpaired) electrons. The molecule has 0 atom stereocenters. The van der Waals surface area contributed by atoms with Gasteiger partial charge in [-0.15, -0.1) is 0 Å². The van der Waals surface area contributed by atoms with Crippen molar-refractivity contribution in [3.8, 4) is 16.9 Å². The fourth-order valence-corrected chi connectivity index (χ4v) is 3.55. The van der Waals surface area contributed by atoms with Crippen LogP contribution >= 0.6 is 11.6 Å². The Morgan fingerprint density at radius 2 is 1.23 bits per heavy atom. The lowest BCUT2D eigenvalue weighted by molar-refractivity contribution is 0.475. The molecule has 0 saturated heterocycles. The second-order valence-electron chi connectivity index (χ2n) is 7.30. The van der Waals surface area contributed by atoms with E-state index in [9.17, 15) is 5.11 Å². The van der Waals surface area contributed by atoms with Gasteiger partial charge in [0.25, 0.3) is 0 Å². The maximum atomic E-state index is 9.53. The van der Waals surface area contributed by atoms with Gasteiger partial charge < -0.3 is 5.11 Å². The number of aryl methyl sites for hydroxylation is 1. The van der Waals surface area contributed by atoms with Crippen LogP contribution in [0.3, 0.4) is 0 Å². The highest BCUT2D eigenvalue weighted by atomic mass is 35.5. The summed E-state index contributed by atoms with van der Waals surface area (Å²) >= 11 is 6.00. The summed E-state index contributed by atoms with van der Waals surface area (Å²) in [4.78, 5) is 0. The molecule has 0 unspecified atom stereocenters.